The van der Waals surface area contributed by atoms with E-state index < -0.39 is 6.10 Å². The van der Waals surface area contributed by atoms with Crippen molar-refractivity contribution in [2.75, 3.05) is 13.1 Å². The standard InChI is InChI=1S/C14H19NO3/c1-9-3-4-12(13(17)7-9)14(18)15-6-5-11(8-15)10(2)16/h3-4,7,10-11,16-17H,5-6,8H2,1-2H3. The van der Waals surface area contributed by atoms with E-state index in [4.69, 9.17) is 0 Å². The minimum atomic E-state index is -0.394. The van der Waals surface area contributed by atoms with E-state index in [0.29, 0.717) is 18.7 Å². The topological polar surface area (TPSA) is 60.8 Å². The first-order valence-electron chi connectivity index (χ1n) is 6.26. The van der Waals surface area contributed by atoms with Crippen LogP contribution in [0.3, 0.4) is 0 Å². The van der Waals surface area contributed by atoms with Crippen LogP contribution in [0.25, 0.3) is 0 Å². The van der Waals surface area contributed by atoms with E-state index in [1.54, 1.807) is 24.0 Å². The Bertz CT molecular complexity index is 456. The van der Waals surface area contributed by atoms with E-state index in [9.17, 15) is 15.0 Å². The number of aryl methyl sites for hydroxylation is 1. The Morgan fingerprint density at radius 3 is 2.78 bits per heavy atom. The molecule has 0 aliphatic carbocycles. The minimum Gasteiger partial charge on any atom is -0.507 e. The smallest absolute Gasteiger partial charge is 0.257 e. The number of amides is 1. The molecular formula is C14H19NO3. The van der Waals surface area contributed by atoms with Gasteiger partial charge in [-0.05, 0) is 38.0 Å². The van der Waals surface area contributed by atoms with Crippen molar-refractivity contribution in [3.63, 3.8) is 0 Å². The lowest BCUT2D eigenvalue weighted by atomic mass is 10.0. The second kappa shape index (κ2) is 4.98. The van der Waals surface area contributed by atoms with Gasteiger partial charge < -0.3 is 15.1 Å². The molecule has 2 N–H and O–H groups in total. The highest BCUT2D eigenvalue weighted by molar-refractivity contribution is 5.97. The summed E-state index contributed by atoms with van der Waals surface area (Å²) in [5, 5.41) is 19.3. The molecule has 2 unspecified atom stereocenters. The van der Waals surface area contributed by atoms with E-state index in [-0.39, 0.29) is 17.6 Å². The number of nitrogens with zero attached hydrogens (tertiary/aromatic N) is 1. The summed E-state index contributed by atoms with van der Waals surface area (Å²) in [5.41, 5.74) is 1.26. The van der Waals surface area contributed by atoms with Crippen LogP contribution in [0.4, 0.5) is 0 Å². The van der Waals surface area contributed by atoms with Crippen LogP contribution in [0, 0.1) is 12.8 Å². The van der Waals surface area contributed by atoms with Crippen molar-refractivity contribution in [1.29, 1.82) is 0 Å². The summed E-state index contributed by atoms with van der Waals surface area (Å²) < 4.78 is 0. The highest BCUT2D eigenvalue weighted by Gasteiger charge is 2.30. The summed E-state index contributed by atoms with van der Waals surface area (Å²) in [4.78, 5) is 13.9. The van der Waals surface area contributed by atoms with Gasteiger partial charge in [-0.3, -0.25) is 4.79 Å². The van der Waals surface area contributed by atoms with Gasteiger partial charge in [-0.2, -0.15) is 0 Å². The van der Waals surface area contributed by atoms with Crippen molar-refractivity contribution in [2.45, 2.75) is 26.4 Å². The summed E-state index contributed by atoms with van der Waals surface area (Å²) in [6, 6.07) is 5.06. The molecule has 98 valence electrons. The monoisotopic (exact) mass is 249 g/mol. The highest BCUT2D eigenvalue weighted by Crippen LogP contribution is 2.25. The van der Waals surface area contributed by atoms with Gasteiger partial charge in [0.1, 0.15) is 5.75 Å². The zero-order valence-corrected chi connectivity index (χ0v) is 10.8. The second-order valence-corrected chi connectivity index (χ2v) is 5.06. The number of likely N-dealkylation sites (tertiary alicyclic amines) is 1. The Morgan fingerprint density at radius 2 is 2.22 bits per heavy atom. The van der Waals surface area contributed by atoms with Gasteiger partial charge in [0.15, 0.2) is 0 Å². The van der Waals surface area contributed by atoms with Crippen molar-refractivity contribution in [3.05, 3.63) is 29.3 Å². The van der Waals surface area contributed by atoms with Crippen LogP contribution in [-0.4, -0.2) is 40.2 Å². The molecule has 0 aromatic heterocycles. The molecule has 0 radical (unpaired) electrons. The van der Waals surface area contributed by atoms with Gasteiger partial charge in [0.25, 0.3) is 5.91 Å². The van der Waals surface area contributed by atoms with Crippen LogP contribution >= 0.6 is 0 Å². The highest BCUT2D eigenvalue weighted by atomic mass is 16.3. The fraction of sp³-hybridized carbons (Fsp3) is 0.500. The third-order valence-electron chi connectivity index (χ3n) is 3.58. The quantitative estimate of drug-likeness (QED) is 0.836. The maximum absolute atomic E-state index is 12.2. The van der Waals surface area contributed by atoms with Crippen LogP contribution in [0.15, 0.2) is 18.2 Å². The van der Waals surface area contributed by atoms with Crippen molar-refractivity contribution in [2.24, 2.45) is 5.92 Å². The molecule has 0 bridgehead atoms. The lowest BCUT2D eigenvalue weighted by Gasteiger charge is -2.18. The zero-order valence-electron chi connectivity index (χ0n) is 10.8. The number of rotatable bonds is 2. The van der Waals surface area contributed by atoms with Crippen LogP contribution in [0.2, 0.25) is 0 Å². The number of benzene rings is 1. The molecule has 1 fully saturated rings. The lowest BCUT2D eigenvalue weighted by Crippen LogP contribution is -2.30. The molecule has 1 aliphatic rings. The third kappa shape index (κ3) is 2.48. The molecule has 2 rings (SSSR count). The van der Waals surface area contributed by atoms with Gasteiger partial charge in [0, 0.05) is 19.0 Å². The Labute approximate surface area is 107 Å². The summed E-state index contributed by atoms with van der Waals surface area (Å²) in [6.07, 6.45) is 0.421. The predicted octanol–water partition coefficient (Wildman–Crippen LogP) is 1.54. The number of aliphatic hydroxyl groups is 1. The summed E-state index contributed by atoms with van der Waals surface area (Å²) in [6.45, 7) is 4.82. The molecule has 1 saturated heterocycles. The maximum Gasteiger partial charge on any atom is 0.257 e. The molecule has 1 amide bonds. The third-order valence-corrected chi connectivity index (χ3v) is 3.58. The number of phenolic OH excluding ortho intramolecular Hbond substituents is 1. The van der Waals surface area contributed by atoms with Gasteiger partial charge in [0.2, 0.25) is 0 Å². The Kier molecular flexibility index (Phi) is 3.57. The van der Waals surface area contributed by atoms with E-state index >= 15 is 0 Å². The molecule has 18 heavy (non-hydrogen) atoms. The van der Waals surface area contributed by atoms with Gasteiger partial charge >= 0.3 is 0 Å². The SMILES string of the molecule is Cc1ccc(C(=O)N2CCC(C(C)O)C2)c(O)c1. The average Bonchev–Trinajstić information content (AvgIpc) is 2.77. The largest absolute Gasteiger partial charge is 0.507 e. The average molecular weight is 249 g/mol. The number of hydrogen-bond donors (Lipinski definition) is 2. The molecule has 1 aliphatic heterocycles. The molecule has 2 atom stereocenters. The van der Waals surface area contributed by atoms with Crippen LogP contribution in [-0.2, 0) is 0 Å². The molecule has 4 heteroatoms. The number of phenols is 1. The minimum absolute atomic E-state index is 0.0282. The second-order valence-electron chi connectivity index (χ2n) is 5.06. The molecule has 1 aromatic rings. The van der Waals surface area contributed by atoms with E-state index in [1.165, 1.54) is 0 Å². The molecule has 0 spiro atoms. The van der Waals surface area contributed by atoms with E-state index in [1.807, 2.05) is 13.0 Å². The normalized spacial score (nSPS) is 21.1. The lowest BCUT2D eigenvalue weighted by molar-refractivity contribution is 0.0759. The van der Waals surface area contributed by atoms with Crippen LogP contribution in [0.1, 0.15) is 29.3 Å². The van der Waals surface area contributed by atoms with E-state index in [2.05, 4.69) is 0 Å². The number of aromatic hydroxyl groups is 1. The number of carbonyl (C=O) groups is 1. The predicted molar refractivity (Wildman–Crippen MR) is 68.5 cm³/mol. The fourth-order valence-corrected chi connectivity index (χ4v) is 2.36. The van der Waals surface area contributed by atoms with Crippen LogP contribution in [0.5, 0.6) is 5.75 Å². The molecule has 0 saturated carbocycles. The van der Waals surface area contributed by atoms with E-state index in [0.717, 1.165) is 12.0 Å². The van der Waals surface area contributed by atoms with Crippen molar-refractivity contribution < 1.29 is 15.0 Å². The Morgan fingerprint density at radius 1 is 1.50 bits per heavy atom. The fourth-order valence-electron chi connectivity index (χ4n) is 2.36. The molecule has 4 nitrogen and oxygen atoms in total. The molecular weight excluding hydrogens is 230 g/mol. The van der Waals surface area contributed by atoms with Crippen molar-refractivity contribution in [3.8, 4) is 5.75 Å². The number of hydrogen-bond acceptors (Lipinski definition) is 3. The summed E-state index contributed by atoms with van der Waals surface area (Å²) in [7, 11) is 0. The van der Waals surface area contributed by atoms with Gasteiger partial charge in [-0.15, -0.1) is 0 Å². The summed E-state index contributed by atoms with van der Waals surface area (Å²) in [5.74, 6) is 0.0117. The van der Waals surface area contributed by atoms with Gasteiger partial charge in [0.05, 0.1) is 11.7 Å². The van der Waals surface area contributed by atoms with Gasteiger partial charge in [-0.1, -0.05) is 6.07 Å². The summed E-state index contributed by atoms with van der Waals surface area (Å²) >= 11 is 0. The Balaban J connectivity index is 2.13. The van der Waals surface area contributed by atoms with Gasteiger partial charge in [-0.25, -0.2) is 0 Å². The van der Waals surface area contributed by atoms with Crippen molar-refractivity contribution >= 4 is 5.91 Å². The molecule has 1 heterocycles. The number of aliphatic hydroxyl groups excluding tert-OH is 1. The molecule has 1 aromatic carbocycles. The maximum atomic E-state index is 12.2. The Hall–Kier alpha value is -1.55. The first-order chi connectivity index (χ1) is 8.49. The van der Waals surface area contributed by atoms with Crippen LogP contribution < -0.4 is 0 Å². The zero-order chi connectivity index (χ0) is 13.3. The first kappa shape index (κ1) is 12.9. The first-order valence-corrected chi connectivity index (χ1v) is 6.26. The van der Waals surface area contributed by atoms with Crippen molar-refractivity contribution in [1.82, 2.24) is 4.90 Å². The number of carbonyl (C=O) groups excluding carboxylic acids is 1.